The number of carboxylic acid groups (broad SMARTS) is 1. The van der Waals surface area contributed by atoms with E-state index < -0.39 is 53.8 Å². The molecule has 0 saturated carbocycles. The first kappa shape index (κ1) is 30.7. The van der Waals surface area contributed by atoms with Crippen molar-refractivity contribution in [2.45, 2.75) is 63.7 Å². The molecule has 36 heavy (non-hydrogen) atoms. The van der Waals surface area contributed by atoms with Gasteiger partial charge in [-0.1, -0.05) is 32.4 Å². The first-order valence-corrected chi connectivity index (χ1v) is 12.1. The van der Waals surface area contributed by atoms with Crippen LogP contribution in [0.25, 0.3) is 0 Å². The molecule has 9 N–H and O–H groups in total. The van der Waals surface area contributed by atoms with Gasteiger partial charge in [-0.3, -0.25) is 19.2 Å². The lowest BCUT2D eigenvalue weighted by molar-refractivity contribution is -0.142. The Kier molecular flexibility index (Phi) is 12.7. The average molecular weight is 526 g/mol. The lowest BCUT2D eigenvalue weighted by Crippen LogP contribution is -2.59. The van der Waals surface area contributed by atoms with Crippen LogP contribution in [0, 0.1) is 5.92 Å². The molecular formula is C23H35N5O7S. The molecule has 1 rings (SSSR count). The summed E-state index contributed by atoms with van der Waals surface area (Å²) >= 11 is 3.98. The fraction of sp³-hybridized carbons (Fsp3) is 0.522. The summed E-state index contributed by atoms with van der Waals surface area (Å²) in [6, 6.07) is 1.16. The van der Waals surface area contributed by atoms with Gasteiger partial charge in [0.25, 0.3) is 0 Å². The highest BCUT2D eigenvalue weighted by molar-refractivity contribution is 7.80. The molecule has 0 spiro atoms. The number of primary amides is 1. The highest BCUT2D eigenvalue weighted by Gasteiger charge is 2.32. The van der Waals surface area contributed by atoms with Crippen LogP contribution < -0.4 is 27.4 Å². The Bertz CT molecular complexity index is 928. The van der Waals surface area contributed by atoms with E-state index in [-0.39, 0.29) is 36.7 Å². The summed E-state index contributed by atoms with van der Waals surface area (Å²) in [7, 11) is 0. The number of hydrogen-bond donors (Lipinski definition) is 8. The summed E-state index contributed by atoms with van der Waals surface area (Å²) in [4.78, 5) is 61.4. The number of aromatic hydroxyl groups is 1. The van der Waals surface area contributed by atoms with Gasteiger partial charge >= 0.3 is 5.97 Å². The molecule has 0 fully saturated rings. The van der Waals surface area contributed by atoms with E-state index in [1.807, 2.05) is 6.92 Å². The van der Waals surface area contributed by atoms with Crippen molar-refractivity contribution in [1.29, 1.82) is 0 Å². The largest absolute Gasteiger partial charge is 0.508 e. The summed E-state index contributed by atoms with van der Waals surface area (Å²) in [5.41, 5.74) is 11.4. The van der Waals surface area contributed by atoms with Crippen molar-refractivity contribution < 1.29 is 34.2 Å². The smallest absolute Gasteiger partial charge is 0.326 e. The van der Waals surface area contributed by atoms with Gasteiger partial charge in [0.1, 0.15) is 23.9 Å². The second-order valence-electron chi connectivity index (χ2n) is 8.50. The number of hydrogen-bond acceptors (Lipinski definition) is 8. The highest BCUT2D eigenvalue weighted by atomic mass is 32.1. The van der Waals surface area contributed by atoms with Gasteiger partial charge < -0.3 is 37.6 Å². The molecule has 0 radical (unpaired) electrons. The molecule has 0 aliphatic rings. The number of phenols is 1. The molecule has 13 heteroatoms. The van der Waals surface area contributed by atoms with E-state index in [0.29, 0.717) is 12.0 Å². The van der Waals surface area contributed by atoms with Crippen LogP contribution in [0.15, 0.2) is 24.3 Å². The van der Waals surface area contributed by atoms with E-state index >= 15 is 0 Å². The fourth-order valence-corrected chi connectivity index (χ4v) is 3.37. The quantitative estimate of drug-likeness (QED) is 0.133. The van der Waals surface area contributed by atoms with Gasteiger partial charge in [-0.15, -0.1) is 0 Å². The summed E-state index contributed by atoms with van der Waals surface area (Å²) in [5.74, 6) is -4.43. The summed E-state index contributed by atoms with van der Waals surface area (Å²) < 4.78 is 0. The zero-order valence-electron chi connectivity index (χ0n) is 20.3. The van der Waals surface area contributed by atoms with E-state index in [9.17, 15) is 34.2 Å². The molecule has 200 valence electrons. The van der Waals surface area contributed by atoms with Gasteiger partial charge in [0, 0.05) is 18.6 Å². The first-order valence-electron chi connectivity index (χ1n) is 11.5. The van der Waals surface area contributed by atoms with E-state index in [2.05, 4.69) is 28.6 Å². The predicted octanol–water partition coefficient (Wildman–Crippen LogP) is -0.958. The maximum Gasteiger partial charge on any atom is 0.326 e. The summed E-state index contributed by atoms with van der Waals surface area (Å²) in [6.07, 6.45) is -0.0138. The molecule has 5 atom stereocenters. The van der Waals surface area contributed by atoms with Gasteiger partial charge in [0.15, 0.2) is 0 Å². The Morgan fingerprint density at radius 3 is 2.06 bits per heavy atom. The molecule has 1 aromatic rings. The zero-order valence-corrected chi connectivity index (χ0v) is 21.2. The molecule has 0 bridgehead atoms. The van der Waals surface area contributed by atoms with E-state index in [0.717, 1.165) is 0 Å². The summed E-state index contributed by atoms with van der Waals surface area (Å²) in [5, 5.41) is 26.4. The van der Waals surface area contributed by atoms with Crippen LogP contribution in [-0.4, -0.2) is 69.7 Å². The second kappa shape index (κ2) is 14.9. The SMILES string of the molecule is CCC(C)C(NC(=O)C(N)CS)C(=O)NC(CCC(N)=O)C(=O)NC(Cc1ccc(O)cc1)C(=O)O. The number of rotatable bonds is 15. The number of amides is 4. The molecule has 1 aromatic carbocycles. The topological polar surface area (TPSA) is 214 Å². The van der Waals surface area contributed by atoms with Crippen LogP contribution in [-0.2, 0) is 30.4 Å². The number of carbonyl (C=O) groups is 5. The Morgan fingerprint density at radius 2 is 1.56 bits per heavy atom. The van der Waals surface area contributed by atoms with Crippen molar-refractivity contribution in [3.8, 4) is 5.75 Å². The van der Waals surface area contributed by atoms with Gasteiger partial charge in [-0.05, 0) is 30.0 Å². The van der Waals surface area contributed by atoms with Crippen molar-refractivity contribution in [2.75, 3.05) is 5.75 Å². The number of benzene rings is 1. The van der Waals surface area contributed by atoms with Gasteiger partial charge in [0.05, 0.1) is 6.04 Å². The maximum atomic E-state index is 13.1. The van der Waals surface area contributed by atoms with Crippen molar-refractivity contribution in [2.24, 2.45) is 17.4 Å². The van der Waals surface area contributed by atoms with Crippen molar-refractivity contribution in [3.05, 3.63) is 29.8 Å². The number of nitrogens with one attached hydrogen (secondary N) is 3. The van der Waals surface area contributed by atoms with Crippen LogP contribution in [0.5, 0.6) is 5.75 Å². The van der Waals surface area contributed by atoms with Gasteiger partial charge in [0.2, 0.25) is 23.6 Å². The molecule has 0 aliphatic carbocycles. The molecule has 4 amide bonds. The normalized spacial score (nSPS) is 15.0. The number of nitrogens with two attached hydrogens (primary N) is 2. The third kappa shape index (κ3) is 10.1. The second-order valence-corrected chi connectivity index (χ2v) is 8.86. The molecule has 0 aromatic heterocycles. The summed E-state index contributed by atoms with van der Waals surface area (Å²) in [6.45, 7) is 3.54. The standard InChI is InChI=1S/C23H35N5O7S/c1-3-12(2)19(28-20(31)15(24)11-36)22(33)26-16(8-9-18(25)30)21(32)27-17(23(34)35)10-13-4-6-14(29)7-5-13/h4-7,12,15-17,19,29,36H,3,8-11,24H2,1-2H3,(H2,25,30)(H,26,33)(H,27,32)(H,28,31)(H,34,35). The molecule has 5 unspecified atom stereocenters. The first-order chi connectivity index (χ1) is 16.9. The van der Waals surface area contributed by atoms with E-state index in [4.69, 9.17) is 11.5 Å². The molecule has 0 saturated heterocycles. The highest BCUT2D eigenvalue weighted by Crippen LogP contribution is 2.13. The Labute approximate surface area is 215 Å². The number of thiol groups is 1. The molecule has 0 aliphatic heterocycles. The zero-order chi connectivity index (χ0) is 27.4. The number of carboxylic acids is 1. The minimum absolute atomic E-state index is 0.00201. The average Bonchev–Trinajstić information content (AvgIpc) is 2.84. The van der Waals surface area contributed by atoms with Gasteiger partial charge in [-0.25, -0.2) is 4.79 Å². The lowest BCUT2D eigenvalue weighted by atomic mass is 9.97. The van der Waals surface area contributed by atoms with Crippen molar-refractivity contribution in [3.63, 3.8) is 0 Å². The predicted molar refractivity (Wildman–Crippen MR) is 135 cm³/mol. The van der Waals surface area contributed by atoms with E-state index in [1.165, 1.54) is 24.3 Å². The number of carbonyl (C=O) groups excluding carboxylic acids is 4. The van der Waals surface area contributed by atoms with E-state index in [1.54, 1.807) is 6.92 Å². The lowest BCUT2D eigenvalue weighted by Gasteiger charge is -2.27. The number of phenolic OH excluding ortho intramolecular Hbond substituents is 1. The molecule has 12 nitrogen and oxygen atoms in total. The minimum atomic E-state index is -1.35. The Balaban J connectivity index is 3.07. The van der Waals surface area contributed by atoms with Crippen LogP contribution in [0.2, 0.25) is 0 Å². The third-order valence-corrected chi connectivity index (χ3v) is 6.02. The Morgan fingerprint density at radius 1 is 0.972 bits per heavy atom. The monoisotopic (exact) mass is 525 g/mol. The van der Waals surface area contributed by atoms with Crippen LogP contribution in [0.1, 0.15) is 38.7 Å². The Hall–Kier alpha value is -3.32. The molecular weight excluding hydrogens is 490 g/mol. The van der Waals surface area contributed by atoms with Crippen LogP contribution >= 0.6 is 12.6 Å². The fourth-order valence-electron chi connectivity index (χ4n) is 3.20. The third-order valence-electron chi connectivity index (χ3n) is 5.63. The van der Waals surface area contributed by atoms with Crippen molar-refractivity contribution in [1.82, 2.24) is 16.0 Å². The minimum Gasteiger partial charge on any atom is -0.508 e. The van der Waals surface area contributed by atoms with Crippen LogP contribution in [0.3, 0.4) is 0 Å². The molecule has 0 heterocycles. The maximum absolute atomic E-state index is 13.1. The van der Waals surface area contributed by atoms with Crippen LogP contribution in [0.4, 0.5) is 0 Å². The van der Waals surface area contributed by atoms with Crippen molar-refractivity contribution >= 4 is 42.2 Å². The van der Waals surface area contributed by atoms with Gasteiger partial charge in [-0.2, -0.15) is 12.6 Å². The number of aliphatic carboxylic acids is 1.